The van der Waals surface area contributed by atoms with Gasteiger partial charge in [0.15, 0.2) is 5.82 Å². The van der Waals surface area contributed by atoms with E-state index >= 15 is 0 Å². The van der Waals surface area contributed by atoms with Crippen LogP contribution in [-0.4, -0.2) is 26.2 Å². The van der Waals surface area contributed by atoms with Gasteiger partial charge in [0.2, 0.25) is 0 Å². The average Bonchev–Trinajstić information content (AvgIpc) is 2.75. The summed E-state index contributed by atoms with van der Waals surface area (Å²) >= 11 is 3.32. The topological polar surface area (TPSA) is 101 Å². The zero-order valence-electron chi connectivity index (χ0n) is 10.2. The Morgan fingerprint density at radius 2 is 2.32 bits per heavy atom. The lowest BCUT2D eigenvalue weighted by atomic mass is 10.2. The Kier molecular flexibility index (Phi) is 4.00. The van der Waals surface area contributed by atoms with E-state index in [0.717, 1.165) is 4.47 Å². The molecule has 0 saturated heterocycles. The van der Waals surface area contributed by atoms with Crippen LogP contribution in [0.25, 0.3) is 0 Å². The van der Waals surface area contributed by atoms with E-state index < -0.39 is 0 Å². The summed E-state index contributed by atoms with van der Waals surface area (Å²) in [5, 5.41) is 21.3. The number of aromatic nitrogens is 3. The van der Waals surface area contributed by atoms with E-state index in [0.29, 0.717) is 23.8 Å². The van der Waals surface area contributed by atoms with E-state index in [4.69, 9.17) is 5.84 Å². The quantitative estimate of drug-likeness (QED) is 0.449. The standard InChI is InChI=1S/C11H13BrN6O/c1-2-10-15-17-11(18(10)13)16-14-6-7-5-8(12)3-4-9(7)19/h3-6,19H,2,13H2,1H3,(H,16,17)/b14-6-. The molecule has 100 valence electrons. The number of nitrogens with two attached hydrogens (primary N) is 1. The number of phenolic OH excluding ortho intramolecular Hbond substituents is 1. The fourth-order valence-electron chi connectivity index (χ4n) is 1.43. The van der Waals surface area contributed by atoms with Gasteiger partial charge in [0.25, 0.3) is 5.95 Å². The molecule has 0 atom stereocenters. The maximum Gasteiger partial charge on any atom is 0.263 e. The Morgan fingerprint density at radius 3 is 3.00 bits per heavy atom. The third-order valence-electron chi connectivity index (χ3n) is 2.44. The van der Waals surface area contributed by atoms with E-state index in [-0.39, 0.29) is 5.75 Å². The molecular weight excluding hydrogens is 312 g/mol. The van der Waals surface area contributed by atoms with Crippen molar-refractivity contribution in [2.45, 2.75) is 13.3 Å². The van der Waals surface area contributed by atoms with Gasteiger partial charge in [-0.15, -0.1) is 10.2 Å². The molecule has 0 radical (unpaired) electrons. The van der Waals surface area contributed by atoms with Crippen LogP contribution in [0.15, 0.2) is 27.8 Å². The van der Waals surface area contributed by atoms with Gasteiger partial charge in [-0.1, -0.05) is 22.9 Å². The number of hydrogen-bond donors (Lipinski definition) is 3. The molecule has 19 heavy (non-hydrogen) atoms. The molecule has 0 saturated carbocycles. The first-order valence-corrected chi connectivity index (χ1v) is 6.38. The highest BCUT2D eigenvalue weighted by Gasteiger charge is 2.06. The first kappa shape index (κ1) is 13.3. The molecule has 8 heteroatoms. The fraction of sp³-hybridized carbons (Fsp3) is 0.182. The van der Waals surface area contributed by atoms with Crippen molar-refractivity contribution in [1.82, 2.24) is 14.9 Å². The highest BCUT2D eigenvalue weighted by Crippen LogP contribution is 2.20. The van der Waals surface area contributed by atoms with Gasteiger partial charge in [-0.3, -0.25) is 0 Å². The molecule has 0 spiro atoms. The number of nitrogens with one attached hydrogen (secondary N) is 1. The maximum absolute atomic E-state index is 9.63. The molecule has 0 aliphatic heterocycles. The normalized spacial score (nSPS) is 11.1. The molecule has 4 N–H and O–H groups in total. The van der Waals surface area contributed by atoms with Gasteiger partial charge in [-0.25, -0.2) is 10.1 Å². The second-order valence-electron chi connectivity index (χ2n) is 3.74. The summed E-state index contributed by atoms with van der Waals surface area (Å²) in [7, 11) is 0. The second kappa shape index (κ2) is 5.70. The lowest BCUT2D eigenvalue weighted by Crippen LogP contribution is -2.14. The third-order valence-corrected chi connectivity index (χ3v) is 2.93. The zero-order valence-corrected chi connectivity index (χ0v) is 11.8. The minimum Gasteiger partial charge on any atom is -0.507 e. The Hall–Kier alpha value is -2.09. The smallest absolute Gasteiger partial charge is 0.263 e. The second-order valence-corrected chi connectivity index (χ2v) is 4.65. The van der Waals surface area contributed by atoms with Crippen molar-refractivity contribution >= 4 is 28.1 Å². The fourth-order valence-corrected chi connectivity index (χ4v) is 1.81. The zero-order chi connectivity index (χ0) is 13.8. The van der Waals surface area contributed by atoms with Gasteiger partial charge in [-0.05, 0) is 18.2 Å². The van der Waals surface area contributed by atoms with Crippen LogP contribution in [0, 0.1) is 0 Å². The third kappa shape index (κ3) is 3.02. The Balaban J connectivity index is 2.11. The lowest BCUT2D eigenvalue weighted by molar-refractivity contribution is 0.474. The number of hydrazone groups is 1. The monoisotopic (exact) mass is 324 g/mol. The van der Waals surface area contributed by atoms with Crippen molar-refractivity contribution in [2.24, 2.45) is 5.10 Å². The van der Waals surface area contributed by atoms with Crippen LogP contribution in [0.1, 0.15) is 18.3 Å². The number of aromatic hydroxyl groups is 1. The molecule has 2 rings (SSSR count). The van der Waals surface area contributed by atoms with Crippen LogP contribution in [0.2, 0.25) is 0 Å². The number of halogens is 1. The number of aryl methyl sites for hydroxylation is 1. The van der Waals surface area contributed by atoms with Crippen LogP contribution in [-0.2, 0) is 6.42 Å². The maximum atomic E-state index is 9.63. The van der Waals surface area contributed by atoms with Crippen LogP contribution >= 0.6 is 15.9 Å². The predicted molar refractivity (Wildman–Crippen MR) is 76.6 cm³/mol. The first-order chi connectivity index (χ1) is 9.11. The van der Waals surface area contributed by atoms with Crippen LogP contribution in [0.5, 0.6) is 5.75 Å². The predicted octanol–water partition coefficient (Wildman–Crippen LogP) is 1.47. The number of hydrogen-bond acceptors (Lipinski definition) is 6. The summed E-state index contributed by atoms with van der Waals surface area (Å²) in [5.74, 6) is 6.87. The van der Waals surface area contributed by atoms with Crippen molar-refractivity contribution in [3.8, 4) is 5.75 Å². The van der Waals surface area contributed by atoms with Crippen LogP contribution in [0.4, 0.5) is 5.95 Å². The van der Waals surface area contributed by atoms with E-state index in [1.54, 1.807) is 18.2 Å². The van der Waals surface area contributed by atoms with Gasteiger partial charge >= 0.3 is 0 Å². The molecule has 0 aliphatic rings. The first-order valence-electron chi connectivity index (χ1n) is 5.58. The number of nitrogens with zero attached hydrogens (tertiary/aromatic N) is 4. The Labute approximate surface area is 118 Å². The van der Waals surface area contributed by atoms with Crippen molar-refractivity contribution in [2.75, 3.05) is 11.3 Å². The van der Waals surface area contributed by atoms with Crippen molar-refractivity contribution < 1.29 is 5.11 Å². The minimum atomic E-state index is 0.136. The molecule has 0 amide bonds. The number of rotatable bonds is 4. The summed E-state index contributed by atoms with van der Waals surface area (Å²) in [6, 6.07) is 5.06. The van der Waals surface area contributed by atoms with Crippen LogP contribution in [0.3, 0.4) is 0 Å². The van der Waals surface area contributed by atoms with Gasteiger partial charge in [0.05, 0.1) is 6.21 Å². The number of phenols is 1. The molecule has 1 aromatic heterocycles. The Morgan fingerprint density at radius 1 is 1.53 bits per heavy atom. The molecular formula is C11H13BrN6O. The summed E-state index contributed by atoms with van der Waals surface area (Å²) in [4.78, 5) is 0. The Bertz CT molecular complexity index is 609. The summed E-state index contributed by atoms with van der Waals surface area (Å²) < 4.78 is 2.18. The molecule has 0 aliphatic carbocycles. The average molecular weight is 325 g/mol. The number of nitrogen functional groups attached to an aromatic ring is 1. The van der Waals surface area contributed by atoms with Gasteiger partial charge in [0, 0.05) is 16.5 Å². The molecule has 1 heterocycles. The summed E-state index contributed by atoms with van der Waals surface area (Å²) in [6.45, 7) is 1.93. The minimum absolute atomic E-state index is 0.136. The largest absolute Gasteiger partial charge is 0.507 e. The molecule has 7 nitrogen and oxygen atoms in total. The van der Waals surface area contributed by atoms with Gasteiger partial charge in [-0.2, -0.15) is 5.10 Å². The molecule has 0 bridgehead atoms. The summed E-state index contributed by atoms with van der Waals surface area (Å²) in [5.41, 5.74) is 3.24. The number of anilines is 1. The number of benzene rings is 1. The SMILES string of the molecule is CCc1nnc(N/N=C\c2cc(Br)ccc2O)n1N. The van der Waals surface area contributed by atoms with Crippen LogP contribution < -0.4 is 11.3 Å². The molecule has 1 aromatic carbocycles. The van der Waals surface area contributed by atoms with E-state index in [1.165, 1.54) is 10.9 Å². The molecule has 0 fully saturated rings. The molecule has 2 aromatic rings. The highest BCUT2D eigenvalue weighted by molar-refractivity contribution is 9.10. The van der Waals surface area contributed by atoms with E-state index in [9.17, 15) is 5.11 Å². The highest BCUT2D eigenvalue weighted by atomic mass is 79.9. The molecule has 0 unspecified atom stereocenters. The van der Waals surface area contributed by atoms with Gasteiger partial charge < -0.3 is 10.9 Å². The van der Waals surface area contributed by atoms with Gasteiger partial charge in [0.1, 0.15) is 5.75 Å². The van der Waals surface area contributed by atoms with E-state index in [1.807, 2.05) is 6.92 Å². The van der Waals surface area contributed by atoms with Crippen molar-refractivity contribution in [3.05, 3.63) is 34.1 Å². The van der Waals surface area contributed by atoms with E-state index in [2.05, 4.69) is 36.7 Å². The van der Waals surface area contributed by atoms with Crippen molar-refractivity contribution in [1.29, 1.82) is 0 Å². The summed E-state index contributed by atoms with van der Waals surface area (Å²) in [6.07, 6.45) is 2.15. The lowest BCUT2D eigenvalue weighted by Gasteiger charge is -2.01. The van der Waals surface area contributed by atoms with Crippen molar-refractivity contribution in [3.63, 3.8) is 0 Å².